The fourth-order valence-corrected chi connectivity index (χ4v) is 4.57. The van der Waals surface area contributed by atoms with Crippen LogP contribution in [0.5, 0.6) is 5.75 Å². The van der Waals surface area contributed by atoms with Gasteiger partial charge in [-0.25, -0.2) is 0 Å². The molecular formula is C23H19N5O3S. The molecule has 1 aromatic carbocycles. The van der Waals surface area contributed by atoms with E-state index >= 15 is 0 Å². The van der Waals surface area contributed by atoms with E-state index in [-0.39, 0.29) is 11.4 Å². The van der Waals surface area contributed by atoms with Gasteiger partial charge in [0.25, 0.3) is 5.91 Å². The molecule has 8 nitrogen and oxygen atoms in total. The highest BCUT2D eigenvalue weighted by molar-refractivity contribution is 8.27. The number of furan rings is 1. The lowest BCUT2D eigenvalue weighted by molar-refractivity contribution is -0.114. The van der Waals surface area contributed by atoms with E-state index in [1.54, 1.807) is 31.6 Å². The second-order valence-corrected chi connectivity index (χ2v) is 8.22. The van der Waals surface area contributed by atoms with Crippen LogP contribution in [0.15, 0.2) is 68.8 Å². The zero-order valence-corrected chi connectivity index (χ0v) is 18.4. The number of hydrogen-bond donors (Lipinski definition) is 1. The third kappa shape index (κ3) is 3.27. The number of nitrogens with zero attached hydrogens (tertiary/aromatic N) is 4. The predicted molar refractivity (Wildman–Crippen MR) is 125 cm³/mol. The first-order valence-corrected chi connectivity index (χ1v) is 10.7. The largest absolute Gasteiger partial charge is 0.497 e. The Kier molecular flexibility index (Phi) is 4.82. The number of hydrazone groups is 1. The van der Waals surface area contributed by atoms with Crippen molar-refractivity contribution in [2.24, 2.45) is 10.1 Å². The van der Waals surface area contributed by atoms with Crippen LogP contribution in [-0.2, 0) is 4.79 Å². The molecule has 160 valence electrons. The van der Waals surface area contributed by atoms with Gasteiger partial charge in [0.05, 0.1) is 18.9 Å². The van der Waals surface area contributed by atoms with Crippen molar-refractivity contribution >= 4 is 39.8 Å². The van der Waals surface area contributed by atoms with Gasteiger partial charge >= 0.3 is 0 Å². The molecule has 0 saturated carbocycles. The Morgan fingerprint density at radius 1 is 1.19 bits per heavy atom. The number of benzene rings is 1. The van der Waals surface area contributed by atoms with Crippen molar-refractivity contribution in [1.29, 1.82) is 5.41 Å². The molecular weight excluding hydrogens is 426 g/mol. The Morgan fingerprint density at radius 2 is 1.97 bits per heavy atom. The van der Waals surface area contributed by atoms with Gasteiger partial charge in [-0.05, 0) is 79.7 Å². The van der Waals surface area contributed by atoms with Gasteiger partial charge in [0.1, 0.15) is 5.75 Å². The van der Waals surface area contributed by atoms with Crippen molar-refractivity contribution in [3.05, 3.63) is 77.0 Å². The molecule has 0 spiro atoms. The fraction of sp³-hybridized carbons (Fsp3) is 0.130. The topological polar surface area (TPSA) is 96.2 Å². The van der Waals surface area contributed by atoms with Crippen molar-refractivity contribution in [3.63, 3.8) is 0 Å². The van der Waals surface area contributed by atoms with Gasteiger partial charge in [0.2, 0.25) is 5.17 Å². The van der Waals surface area contributed by atoms with Crippen LogP contribution in [-0.4, -0.2) is 38.6 Å². The number of aromatic nitrogens is 1. The van der Waals surface area contributed by atoms with Gasteiger partial charge in [-0.15, -0.1) is 0 Å². The summed E-state index contributed by atoms with van der Waals surface area (Å²) < 4.78 is 12.7. The summed E-state index contributed by atoms with van der Waals surface area (Å²) in [7, 11) is 1.63. The van der Waals surface area contributed by atoms with Crippen molar-refractivity contribution < 1.29 is 13.9 Å². The summed E-state index contributed by atoms with van der Waals surface area (Å²) in [5.41, 5.74) is 3.97. The number of aliphatic imine (C=N–C) groups is 1. The van der Waals surface area contributed by atoms with Crippen molar-refractivity contribution in [1.82, 2.24) is 9.58 Å². The minimum absolute atomic E-state index is 0.0108. The molecule has 0 atom stereocenters. The summed E-state index contributed by atoms with van der Waals surface area (Å²) in [4.78, 5) is 16.9. The molecule has 2 aromatic heterocycles. The molecule has 2 aliphatic heterocycles. The summed E-state index contributed by atoms with van der Waals surface area (Å²) >= 11 is 1.21. The average molecular weight is 446 g/mol. The molecule has 0 fully saturated rings. The van der Waals surface area contributed by atoms with E-state index in [2.05, 4.69) is 14.7 Å². The molecule has 2 aliphatic rings. The molecule has 32 heavy (non-hydrogen) atoms. The lowest BCUT2D eigenvalue weighted by atomic mass is 10.1. The summed E-state index contributed by atoms with van der Waals surface area (Å²) in [6.45, 7) is 3.98. The SMILES string of the molecule is COc1ccc(-n2c(C)cc(C=C3C(=N)N4N=C(c5ccco5)SC4=NC3=O)c2C)cc1. The molecule has 9 heteroatoms. The van der Waals surface area contributed by atoms with Crippen LogP contribution >= 0.6 is 11.8 Å². The second-order valence-electron chi connectivity index (χ2n) is 7.26. The van der Waals surface area contributed by atoms with E-state index in [1.165, 1.54) is 16.8 Å². The van der Waals surface area contributed by atoms with Gasteiger partial charge < -0.3 is 13.7 Å². The van der Waals surface area contributed by atoms with Crippen molar-refractivity contribution in [2.45, 2.75) is 13.8 Å². The number of aryl methyl sites for hydroxylation is 1. The molecule has 0 aliphatic carbocycles. The number of fused-ring (bicyclic) bond motifs is 1. The second kappa shape index (κ2) is 7.69. The number of amides is 1. The summed E-state index contributed by atoms with van der Waals surface area (Å²) in [5.74, 6) is 0.884. The highest BCUT2D eigenvalue weighted by Gasteiger charge is 2.36. The standard InChI is InChI=1S/C23H19N5O3S/c1-13-11-15(14(2)27(13)16-6-8-17(30-3)9-7-16)12-18-20(24)28-23(25-21(18)29)32-22(26-28)19-5-4-10-31-19/h4-12,24H,1-3H3. The maximum atomic E-state index is 12.8. The minimum atomic E-state index is -0.459. The number of methoxy groups -OCH3 is 1. The van der Waals surface area contributed by atoms with E-state index in [1.807, 2.05) is 44.2 Å². The third-order valence-corrected chi connectivity index (χ3v) is 6.21. The molecule has 0 unspecified atom stereocenters. The van der Waals surface area contributed by atoms with Crippen LogP contribution in [0.3, 0.4) is 0 Å². The van der Waals surface area contributed by atoms with Gasteiger partial charge in [0.15, 0.2) is 16.6 Å². The number of carbonyl (C=O) groups is 1. The fourth-order valence-electron chi connectivity index (χ4n) is 3.71. The van der Waals surface area contributed by atoms with Crippen LogP contribution in [0.1, 0.15) is 22.7 Å². The van der Waals surface area contributed by atoms with Gasteiger partial charge in [0, 0.05) is 17.1 Å². The van der Waals surface area contributed by atoms with Crippen LogP contribution in [0.4, 0.5) is 0 Å². The molecule has 0 saturated heterocycles. The Labute approximate surface area is 188 Å². The first kappa shape index (κ1) is 20.1. The number of ether oxygens (including phenoxy) is 1. The molecule has 5 rings (SSSR count). The first-order valence-electron chi connectivity index (χ1n) is 9.83. The van der Waals surface area contributed by atoms with E-state index in [0.717, 1.165) is 28.4 Å². The minimum Gasteiger partial charge on any atom is -0.497 e. The predicted octanol–water partition coefficient (Wildman–Crippen LogP) is 4.36. The van der Waals surface area contributed by atoms with E-state index in [9.17, 15) is 4.79 Å². The summed E-state index contributed by atoms with van der Waals surface area (Å²) in [6.07, 6.45) is 3.26. The molecule has 0 bridgehead atoms. The zero-order valence-electron chi connectivity index (χ0n) is 17.6. The Balaban J connectivity index is 1.50. The number of amidine groups is 2. The normalized spacial score (nSPS) is 17.0. The molecule has 3 aromatic rings. The Hall–Kier alpha value is -3.85. The molecule has 4 heterocycles. The molecule has 1 amide bonds. The highest BCUT2D eigenvalue weighted by atomic mass is 32.2. The monoisotopic (exact) mass is 445 g/mol. The van der Waals surface area contributed by atoms with E-state index < -0.39 is 5.91 Å². The number of carbonyl (C=O) groups excluding carboxylic acids is 1. The van der Waals surface area contributed by atoms with Gasteiger partial charge in [-0.2, -0.15) is 15.1 Å². The van der Waals surface area contributed by atoms with Crippen LogP contribution in [0, 0.1) is 19.3 Å². The van der Waals surface area contributed by atoms with Crippen molar-refractivity contribution in [3.8, 4) is 11.4 Å². The Bertz CT molecular complexity index is 1330. The van der Waals surface area contributed by atoms with Gasteiger partial charge in [-0.3, -0.25) is 10.2 Å². The third-order valence-electron chi connectivity index (χ3n) is 5.29. The number of thioether (sulfide) groups is 1. The number of hydrogen-bond acceptors (Lipinski definition) is 6. The Morgan fingerprint density at radius 3 is 2.66 bits per heavy atom. The quantitative estimate of drug-likeness (QED) is 0.602. The first-order chi connectivity index (χ1) is 15.5. The maximum Gasteiger partial charge on any atom is 0.283 e. The molecule has 0 radical (unpaired) electrons. The van der Waals surface area contributed by atoms with E-state index in [4.69, 9.17) is 14.6 Å². The maximum absolute atomic E-state index is 12.8. The summed E-state index contributed by atoms with van der Waals surface area (Å²) in [6, 6.07) is 13.3. The zero-order chi connectivity index (χ0) is 22.4. The average Bonchev–Trinajstić information content (AvgIpc) is 3.51. The highest BCUT2D eigenvalue weighted by Crippen LogP contribution is 2.32. The number of nitrogens with one attached hydrogen (secondary N) is 1. The van der Waals surface area contributed by atoms with E-state index in [0.29, 0.717) is 16.0 Å². The van der Waals surface area contributed by atoms with Crippen LogP contribution in [0.2, 0.25) is 0 Å². The van der Waals surface area contributed by atoms with Crippen molar-refractivity contribution in [2.75, 3.05) is 7.11 Å². The lowest BCUT2D eigenvalue weighted by Gasteiger charge is -2.20. The summed E-state index contributed by atoms with van der Waals surface area (Å²) in [5, 5.41) is 15.3. The van der Waals surface area contributed by atoms with Gasteiger partial charge in [-0.1, -0.05) is 0 Å². The smallest absolute Gasteiger partial charge is 0.283 e. The lowest BCUT2D eigenvalue weighted by Crippen LogP contribution is -2.35. The molecule has 1 N–H and O–H groups in total. The number of rotatable bonds is 4. The van der Waals surface area contributed by atoms with Crippen LogP contribution < -0.4 is 4.74 Å². The van der Waals surface area contributed by atoms with Crippen LogP contribution in [0.25, 0.3) is 11.8 Å².